The summed E-state index contributed by atoms with van der Waals surface area (Å²) in [5.74, 6) is 2.36. The molecule has 6 rings (SSSR count). The van der Waals surface area contributed by atoms with Crippen molar-refractivity contribution in [2.75, 3.05) is 0 Å². The van der Waals surface area contributed by atoms with Gasteiger partial charge in [-0.15, -0.1) is 0 Å². The van der Waals surface area contributed by atoms with Gasteiger partial charge in [-0.3, -0.25) is 9.36 Å². The summed E-state index contributed by atoms with van der Waals surface area (Å²) < 4.78 is 13.0. The van der Waals surface area contributed by atoms with Gasteiger partial charge in [0.1, 0.15) is 24.7 Å². The van der Waals surface area contributed by atoms with Gasteiger partial charge in [0.05, 0.1) is 11.3 Å². The molecule has 0 bridgehead atoms. The Morgan fingerprint density at radius 1 is 1.10 bits per heavy atom. The van der Waals surface area contributed by atoms with Crippen LogP contribution >= 0.6 is 0 Å². The molecule has 0 saturated heterocycles. The number of aryl methyl sites for hydroxylation is 2. The van der Waals surface area contributed by atoms with E-state index in [0.717, 1.165) is 16.9 Å². The second-order valence-electron chi connectivity index (χ2n) is 7.68. The van der Waals surface area contributed by atoms with Crippen LogP contribution in [0.15, 0.2) is 46.1 Å². The summed E-state index contributed by atoms with van der Waals surface area (Å²) in [4.78, 5) is 25.8. The first kappa shape index (κ1) is 16.4. The number of hydrogen-bond donors (Lipinski definition) is 0. The Morgan fingerprint density at radius 2 is 2.00 bits per heavy atom. The Hall–Kier alpha value is -3.55. The number of fused-ring (bicyclic) bond motifs is 4. The van der Waals surface area contributed by atoms with Crippen molar-refractivity contribution in [1.29, 1.82) is 0 Å². The van der Waals surface area contributed by atoms with Crippen molar-refractivity contribution in [3.63, 3.8) is 0 Å². The maximum Gasteiger partial charge on any atom is 0.263 e. The summed E-state index contributed by atoms with van der Waals surface area (Å²) in [5.41, 5.74) is 3.47. The number of pyridine rings is 1. The van der Waals surface area contributed by atoms with Gasteiger partial charge in [-0.05, 0) is 31.0 Å². The quantitative estimate of drug-likeness (QED) is 0.533. The molecule has 3 unspecified atom stereocenters. The van der Waals surface area contributed by atoms with Crippen LogP contribution < -0.4 is 10.3 Å². The van der Waals surface area contributed by atoms with Gasteiger partial charge in [-0.25, -0.2) is 9.97 Å². The van der Waals surface area contributed by atoms with Crippen LogP contribution in [0.5, 0.6) is 5.75 Å². The number of rotatable bonds is 3. The predicted molar refractivity (Wildman–Crippen MR) is 103 cm³/mol. The Kier molecular flexibility index (Phi) is 3.24. The number of nitrogens with zero attached hydrogens (tertiary/aromatic N) is 5. The number of ether oxygens (including phenoxy) is 1. The monoisotopic (exact) mass is 387 g/mol. The van der Waals surface area contributed by atoms with Gasteiger partial charge in [0, 0.05) is 17.7 Å². The molecule has 4 heterocycles. The normalized spacial score (nSPS) is 21.7. The fourth-order valence-corrected chi connectivity index (χ4v) is 4.29. The van der Waals surface area contributed by atoms with Gasteiger partial charge in [-0.1, -0.05) is 23.4 Å². The minimum Gasteiger partial charge on any atom is -0.488 e. The Morgan fingerprint density at radius 3 is 2.90 bits per heavy atom. The molecule has 0 spiro atoms. The Labute approximate surface area is 165 Å². The molecular weight excluding hydrogens is 370 g/mol. The van der Waals surface area contributed by atoms with Gasteiger partial charge in [-0.2, -0.15) is 4.98 Å². The van der Waals surface area contributed by atoms with E-state index in [0.29, 0.717) is 22.7 Å². The van der Waals surface area contributed by atoms with E-state index in [4.69, 9.17) is 9.26 Å². The van der Waals surface area contributed by atoms with Crippen LogP contribution in [0.3, 0.4) is 0 Å². The zero-order chi connectivity index (χ0) is 19.7. The smallest absolute Gasteiger partial charge is 0.263 e. The van der Waals surface area contributed by atoms with Crippen LogP contribution in [-0.4, -0.2) is 30.8 Å². The lowest BCUT2D eigenvalue weighted by Crippen LogP contribution is -2.22. The summed E-state index contributed by atoms with van der Waals surface area (Å²) in [6, 6.07) is 8.00. The number of hydrogen-bond acceptors (Lipinski definition) is 7. The highest BCUT2D eigenvalue weighted by Gasteiger charge is 2.61. The molecule has 0 radical (unpaired) electrons. The third kappa shape index (κ3) is 2.35. The number of benzene rings is 1. The van der Waals surface area contributed by atoms with E-state index in [1.165, 1.54) is 16.5 Å². The molecule has 144 valence electrons. The van der Waals surface area contributed by atoms with Gasteiger partial charge >= 0.3 is 0 Å². The highest BCUT2D eigenvalue weighted by atomic mass is 16.5. The van der Waals surface area contributed by atoms with Crippen LogP contribution in [0, 0.1) is 13.8 Å². The standard InChI is InChI=1S/C21H17N5O3/c1-10-6-7-22-19-14(10)21(27)26(9-23-19)8-13-24-20(25-29-13)16-15-12-5-3-4-11(2)17(12)28-18(15)16/h3-7,9,15-16,18H,8H2,1-2H3. The zero-order valence-electron chi connectivity index (χ0n) is 15.9. The molecule has 8 nitrogen and oxygen atoms in total. The van der Waals surface area contributed by atoms with Crippen molar-refractivity contribution < 1.29 is 9.26 Å². The molecule has 1 aliphatic carbocycles. The zero-order valence-corrected chi connectivity index (χ0v) is 15.9. The van der Waals surface area contributed by atoms with Crippen molar-refractivity contribution in [2.45, 2.75) is 38.3 Å². The first-order chi connectivity index (χ1) is 14.1. The molecular formula is C21H17N5O3. The van der Waals surface area contributed by atoms with Crippen LogP contribution in [0.2, 0.25) is 0 Å². The van der Waals surface area contributed by atoms with Gasteiger partial charge in [0.15, 0.2) is 11.5 Å². The first-order valence-corrected chi connectivity index (χ1v) is 9.51. The van der Waals surface area contributed by atoms with Crippen molar-refractivity contribution in [3.8, 4) is 5.75 Å². The molecule has 3 atom stereocenters. The van der Waals surface area contributed by atoms with Crippen LogP contribution in [-0.2, 0) is 6.54 Å². The second-order valence-corrected chi connectivity index (χ2v) is 7.68. The summed E-state index contributed by atoms with van der Waals surface area (Å²) in [5, 5.41) is 4.65. The molecule has 0 amide bonds. The second kappa shape index (κ2) is 5.73. The highest BCUT2D eigenvalue weighted by molar-refractivity contribution is 5.76. The summed E-state index contributed by atoms with van der Waals surface area (Å²) >= 11 is 0. The topological polar surface area (TPSA) is 95.9 Å². The van der Waals surface area contributed by atoms with Crippen molar-refractivity contribution >= 4 is 11.0 Å². The Balaban J connectivity index is 1.28. The number of para-hydroxylation sites is 1. The van der Waals surface area contributed by atoms with Crippen LogP contribution in [0.1, 0.15) is 40.2 Å². The SMILES string of the molecule is Cc1cccc2c1OC1C(c3noc(Cn4cnc5nccc(C)c5c4=O)n3)C21. The summed E-state index contributed by atoms with van der Waals surface area (Å²) in [6.45, 7) is 4.09. The largest absolute Gasteiger partial charge is 0.488 e. The summed E-state index contributed by atoms with van der Waals surface area (Å²) in [6.07, 6.45) is 3.18. The molecule has 1 fully saturated rings. The molecule has 2 aliphatic rings. The van der Waals surface area contributed by atoms with Crippen molar-refractivity contribution in [2.24, 2.45) is 0 Å². The molecule has 1 aromatic carbocycles. The average molecular weight is 387 g/mol. The molecule has 3 aromatic heterocycles. The third-order valence-corrected chi connectivity index (χ3v) is 5.83. The van der Waals surface area contributed by atoms with Crippen molar-refractivity contribution in [1.82, 2.24) is 24.7 Å². The van der Waals surface area contributed by atoms with Gasteiger partial charge in [0.2, 0.25) is 5.89 Å². The molecule has 29 heavy (non-hydrogen) atoms. The van der Waals surface area contributed by atoms with E-state index < -0.39 is 0 Å². The van der Waals surface area contributed by atoms with E-state index in [2.05, 4.69) is 39.2 Å². The average Bonchev–Trinajstić information content (AvgIpc) is 3.04. The molecule has 8 heteroatoms. The van der Waals surface area contributed by atoms with Crippen LogP contribution in [0.25, 0.3) is 11.0 Å². The van der Waals surface area contributed by atoms with Gasteiger partial charge < -0.3 is 9.26 Å². The number of aromatic nitrogens is 5. The lowest BCUT2D eigenvalue weighted by atomic mass is 10.1. The minimum absolute atomic E-state index is 0.0651. The van der Waals surface area contributed by atoms with Gasteiger partial charge in [0.25, 0.3) is 5.56 Å². The van der Waals surface area contributed by atoms with Crippen LogP contribution in [0.4, 0.5) is 0 Å². The van der Waals surface area contributed by atoms with Crippen molar-refractivity contribution in [3.05, 3.63) is 75.5 Å². The van der Waals surface area contributed by atoms with E-state index in [-0.39, 0.29) is 30.0 Å². The lowest BCUT2D eigenvalue weighted by molar-refractivity contribution is 0.304. The van der Waals surface area contributed by atoms with E-state index in [9.17, 15) is 4.79 Å². The summed E-state index contributed by atoms with van der Waals surface area (Å²) in [7, 11) is 0. The molecule has 1 saturated carbocycles. The minimum atomic E-state index is -0.170. The fourth-order valence-electron chi connectivity index (χ4n) is 4.29. The molecule has 0 N–H and O–H groups in total. The predicted octanol–water partition coefficient (Wildman–Crippen LogP) is 2.48. The van der Waals surface area contributed by atoms with E-state index >= 15 is 0 Å². The molecule has 4 aromatic rings. The first-order valence-electron chi connectivity index (χ1n) is 9.51. The Bertz CT molecular complexity index is 1340. The maximum absolute atomic E-state index is 12.8. The molecule has 1 aliphatic heterocycles. The van der Waals surface area contributed by atoms with E-state index in [1.807, 2.05) is 13.0 Å². The third-order valence-electron chi connectivity index (χ3n) is 5.83. The lowest BCUT2D eigenvalue weighted by Gasteiger charge is -2.08. The maximum atomic E-state index is 12.8. The van der Waals surface area contributed by atoms with E-state index in [1.54, 1.807) is 12.3 Å². The highest BCUT2D eigenvalue weighted by Crippen LogP contribution is 2.63. The fraction of sp³-hybridized carbons (Fsp3) is 0.286.